The van der Waals surface area contributed by atoms with Gasteiger partial charge in [0.2, 0.25) is 0 Å². The van der Waals surface area contributed by atoms with Crippen molar-refractivity contribution in [1.82, 2.24) is 19.5 Å². The van der Waals surface area contributed by atoms with E-state index in [1.807, 2.05) is 0 Å². The van der Waals surface area contributed by atoms with Gasteiger partial charge in [-0.15, -0.1) is 0 Å². The number of nitrogens with zero attached hydrogens (tertiary/aromatic N) is 4. The molecule has 3 heterocycles. The largest absolute Gasteiger partial charge is 0.455 e. The summed E-state index contributed by atoms with van der Waals surface area (Å²) in [6.07, 6.45) is -7.48. The lowest BCUT2D eigenvalue weighted by Gasteiger charge is -2.38. The number of anilines is 1. The van der Waals surface area contributed by atoms with Gasteiger partial charge >= 0.3 is 5.97 Å². The Morgan fingerprint density at radius 3 is 2.28 bits per heavy atom. The van der Waals surface area contributed by atoms with Crippen molar-refractivity contribution in [3.05, 3.63) is 120 Å². The number of alkyl halides is 2. The number of halogens is 2. The number of imidazole rings is 1. The van der Waals surface area contributed by atoms with Gasteiger partial charge in [0.1, 0.15) is 18.5 Å². The fourth-order valence-corrected chi connectivity index (χ4v) is 5.57. The molecule has 0 aliphatic carbocycles. The van der Waals surface area contributed by atoms with Crippen molar-refractivity contribution in [2.75, 3.05) is 5.32 Å². The minimum absolute atomic E-state index is 0.0564. The van der Waals surface area contributed by atoms with Gasteiger partial charge in [-0.3, -0.25) is 14.2 Å². The maximum absolute atomic E-state index is 15.5. The van der Waals surface area contributed by atoms with Crippen molar-refractivity contribution in [3.8, 4) is 0 Å². The number of hydrogen-bond donors (Lipinski definition) is 2. The van der Waals surface area contributed by atoms with Crippen LogP contribution in [0.5, 0.6) is 0 Å². The van der Waals surface area contributed by atoms with Crippen LogP contribution in [0.15, 0.2) is 104 Å². The standard InChI is InChI=1S/C33H29F2N5O6/c1-20(41)45-25-27(44-17-21-11-5-2-6-12-21)33(32(34)35,26(42)22-13-7-3-8-14-22)46-31(25)40-19-38-24-28(36-18-37-29(24)40)39-30(43)23-15-9-4-10-16-23/h2-16,18-19,25-27,31-32,42H,17H2,1H3,(H,36,37,39,43)/t25-,26?,27+,31-,33-/m1/s1. The van der Waals surface area contributed by atoms with Crippen molar-refractivity contribution in [3.63, 3.8) is 0 Å². The summed E-state index contributed by atoms with van der Waals surface area (Å²) in [6.45, 7) is 0.977. The number of carbonyl (C=O) groups excluding carboxylic acids is 2. The topological polar surface area (TPSA) is 138 Å². The maximum atomic E-state index is 15.5. The van der Waals surface area contributed by atoms with Gasteiger partial charge in [0.05, 0.1) is 12.9 Å². The second kappa shape index (κ2) is 13.1. The van der Waals surface area contributed by atoms with E-state index in [9.17, 15) is 14.7 Å². The molecule has 11 nitrogen and oxygen atoms in total. The van der Waals surface area contributed by atoms with Crippen molar-refractivity contribution in [2.24, 2.45) is 0 Å². The molecule has 0 bridgehead atoms. The summed E-state index contributed by atoms with van der Waals surface area (Å²) in [4.78, 5) is 38.1. The highest BCUT2D eigenvalue weighted by Crippen LogP contribution is 2.51. The molecule has 2 aromatic heterocycles. The Bertz CT molecular complexity index is 1810. The van der Waals surface area contributed by atoms with E-state index < -0.39 is 48.4 Å². The molecule has 0 saturated carbocycles. The van der Waals surface area contributed by atoms with Gasteiger partial charge < -0.3 is 24.6 Å². The van der Waals surface area contributed by atoms with Crippen LogP contribution in [0.3, 0.4) is 0 Å². The van der Waals surface area contributed by atoms with E-state index in [0.717, 1.165) is 6.92 Å². The number of aliphatic hydroxyl groups is 1. The van der Waals surface area contributed by atoms with Crippen molar-refractivity contribution >= 4 is 28.9 Å². The number of benzene rings is 3. The van der Waals surface area contributed by atoms with Crippen LogP contribution in [0.1, 0.15) is 40.7 Å². The van der Waals surface area contributed by atoms with Crippen LogP contribution in [0.4, 0.5) is 14.6 Å². The van der Waals surface area contributed by atoms with Crippen molar-refractivity contribution in [1.29, 1.82) is 0 Å². The fourth-order valence-electron chi connectivity index (χ4n) is 5.57. The molecule has 3 aromatic carbocycles. The van der Waals surface area contributed by atoms with Gasteiger partial charge in [-0.2, -0.15) is 0 Å². The van der Waals surface area contributed by atoms with Crippen LogP contribution >= 0.6 is 0 Å². The fraction of sp³-hybridized carbons (Fsp3) is 0.242. The SMILES string of the molecule is CC(=O)O[C@H]1[C@H](n2cnc3c(NC(=O)c4ccccc4)ncnc32)O[C@](C(F)F)(C(O)c2ccccc2)[C@H]1OCc1ccccc1. The normalized spacial score (nSPS) is 21.7. The number of fused-ring (bicyclic) bond motifs is 1. The van der Waals surface area contributed by atoms with Gasteiger partial charge in [-0.25, -0.2) is 23.7 Å². The molecule has 1 saturated heterocycles. The number of esters is 1. The Morgan fingerprint density at radius 2 is 1.63 bits per heavy atom. The second-order valence-electron chi connectivity index (χ2n) is 10.6. The molecule has 6 rings (SSSR count). The number of aromatic nitrogens is 4. The average molecular weight is 630 g/mol. The monoisotopic (exact) mass is 629 g/mol. The molecule has 13 heteroatoms. The van der Waals surface area contributed by atoms with Crippen LogP contribution in [0, 0.1) is 0 Å². The Balaban J connectivity index is 1.44. The van der Waals surface area contributed by atoms with E-state index in [0.29, 0.717) is 11.1 Å². The van der Waals surface area contributed by atoms with Gasteiger partial charge in [0.25, 0.3) is 12.3 Å². The number of hydrogen-bond acceptors (Lipinski definition) is 9. The van der Waals surface area contributed by atoms with Gasteiger partial charge in [-0.1, -0.05) is 78.9 Å². The molecular weight excluding hydrogens is 600 g/mol. The highest BCUT2D eigenvalue weighted by atomic mass is 19.3. The Labute approximate surface area is 261 Å². The highest BCUT2D eigenvalue weighted by molar-refractivity contribution is 6.06. The molecule has 0 spiro atoms. The van der Waals surface area contributed by atoms with Crippen molar-refractivity contribution < 1.29 is 37.7 Å². The first kappa shape index (κ1) is 30.9. The van der Waals surface area contributed by atoms with Crippen LogP contribution in [0.25, 0.3) is 11.2 Å². The minimum atomic E-state index is -3.32. The van der Waals surface area contributed by atoms with Gasteiger partial charge in [0, 0.05) is 12.5 Å². The number of nitrogens with one attached hydrogen (secondary N) is 1. The molecule has 46 heavy (non-hydrogen) atoms. The number of aliphatic hydroxyl groups excluding tert-OH is 1. The third kappa shape index (κ3) is 5.83. The summed E-state index contributed by atoms with van der Waals surface area (Å²) in [5.41, 5.74) is -1.34. The second-order valence-corrected chi connectivity index (χ2v) is 10.6. The molecule has 1 unspecified atom stereocenters. The zero-order chi connectivity index (χ0) is 32.3. The Morgan fingerprint density at radius 1 is 0.978 bits per heavy atom. The highest BCUT2D eigenvalue weighted by Gasteiger charge is 2.67. The molecular formula is C33H29F2N5O6. The van der Waals surface area contributed by atoms with E-state index >= 15 is 8.78 Å². The summed E-state index contributed by atoms with van der Waals surface area (Å²) in [7, 11) is 0. The van der Waals surface area contributed by atoms with E-state index in [2.05, 4.69) is 20.3 Å². The number of carbonyl (C=O) groups is 2. The van der Waals surface area contributed by atoms with Gasteiger partial charge in [0.15, 0.2) is 34.9 Å². The quantitative estimate of drug-likeness (QED) is 0.208. The Kier molecular flexibility index (Phi) is 8.79. The zero-order valence-electron chi connectivity index (χ0n) is 24.4. The van der Waals surface area contributed by atoms with E-state index in [1.165, 1.54) is 29.4 Å². The predicted molar refractivity (Wildman–Crippen MR) is 161 cm³/mol. The van der Waals surface area contributed by atoms with E-state index in [-0.39, 0.29) is 29.2 Å². The summed E-state index contributed by atoms with van der Waals surface area (Å²) in [6, 6.07) is 25.1. The van der Waals surface area contributed by atoms with Crippen LogP contribution in [-0.2, 0) is 25.6 Å². The molecule has 1 aliphatic heterocycles. The molecule has 1 fully saturated rings. The third-order valence-electron chi connectivity index (χ3n) is 7.71. The summed E-state index contributed by atoms with van der Waals surface area (Å²) in [5, 5.41) is 14.3. The molecule has 5 aromatic rings. The molecule has 1 amide bonds. The molecule has 1 aliphatic rings. The number of amides is 1. The molecule has 0 radical (unpaired) electrons. The Hall–Kier alpha value is -5.11. The van der Waals surface area contributed by atoms with Crippen LogP contribution < -0.4 is 5.32 Å². The number of rotatable bonds is 10. The lowest BCUT2D eigenvalue weighted by molar-refractivity contribution is -0.236. The van der Waals surface area contributed by atoms with E-state index in [1.54, 1.807) is 78.9 Å². The smallest absolute Gasteiger partial charge is 0.303 e. The summed E-state index contributed by atoms with van der Waals surface area (Å²) < 4.78 is 50.2. The van der Waals surface area contributed by atoms with Crippen LogP contribution in [0.2, 0.25) is 0 Å². The minimum Gasteiger partial charge on any atom is -0.455 e. The average Bonchev–Trinajstić information content (AvgIpc) is 3.64. The molecule has 2 N–H and O–H groups in total. The summed E-state index contributed by atoms with van der Waals surface area (Å²) in [5.74, 6) is -1.19. The van der Waals surface area contributed by atoms with Crippen molar-refractivity contribution in [2.45, 2.75) is 50.1 Å². The first-order valence-electron chi connectivity index (χ1n) is 14.3. The zero-order valence-corrected chi connectivity index (χ0v) is 24.4. The summed E-state index contributed by atoms with van der Waals surface area (Å²) >= 11 is 0. The molecule has 236 valence electrons. The lowest BCUT2D eigenvalue weighted by atomic mass is 9.85. The number of ether oxygens (including phenoxy) is 3. The third-order valence-corrected chi connectivity index (χ3v) is 7.71. The van der Waals surface area contributed by atoms with Crippen LogP contribution in [-0.4, -0.2) is 60.7 Å². The first-order chi connectivity index (χ1) is 22.3. The van der Waals surface area contributed by atoms with Gasteiger partial charge in [-0.05, 0) is 23.3 Å². The first-order valence-corrected chi connectivity index (χ1v) is 14.3. The molecule has 5 atom stereocenters. The predicted octanol–water partition coefficient (Wildman–Crippen LogP) is 4.86. The maximum Gasteiger partial charge on any atom is 0.303 e. The lowest BCUT2D eigenvalue weighted by Crippen LogP contribution is -2.55. The van der Waals surface area contributed by atoms with E-state index in [4.69, 9.17) is 14.2 Å².